The van der Waals surface area contributed by atoms with E-state index in [0.29, 0.717) is 0 Å². The number of aromatic nitrogens is 1. The Balaban J connectivity index is 0.00000106. The summed E-state index contributed by atoms with van der Waals surface area (Å²) in [6.45, 7) is 8.09. The lowest BCUT2D eigenvalue weighted by Crippen LogP contribution is -1.81. The van der Waals surface area contributed by atoms with Crippen LogP contribution in [0, 0.1) is 6.92 Å². The highest BCUT2D eigenvalue weighted by molar-refractivity contribution is 5.83. The Kier molecular flexibility index (Phi) is 7.86. The van der Waals surface area contributed by atoms with Gasteiger partial charge in [-0.2, -0.15) is 0 Å². The molecule has 2 heteroatoms. The quantitative estimate of drug-likeness (QED) is 0.587. The molecule has 0 saturated carbocycles. The average Bonchev–Trinajstić information content (AvgIpc) is 2.65. The molecule has 0 aromatic carbocycles. The zero-order valence-electron chi connectivity index (χ0n) is 10.9. The van der Waals surface area contributed by atoms with Gasteiger partial charge < -0.3 is 4.98 Å². The van der Waals surface area contributed by atoms with Crippen LogP contribution in [0.1, 0.15) is 37.6 Å². The maximum atomic E-state index is 3.99. The van der Waals surface area contributed by atoms with Crippen LogP contribution in [0.25, 0.3) is 6.08 Å². The van der Waals surface area contributed by atoms with Crippen LogP contribution in [0.4, 0.5) is 0 Å². The van der Waals surface area contributed by atoms with E-state index in [0.717, 1.165) is 11.3 Å². The molecule has 16 heavy (non-hydrogen) atoms. The molecule has 1 aromatic heterocycles. The van der Waals surface area contributed by atoms with Crippen molar-refractivity contribution < 1.29 is 0 Å². The second-order valence-corrected chi connectivity index (χ2v) is 3.05. The predicted octanol–water partition coefficient (Wildman–Crippen LogP) is 3.99. The number of aliphatic imine (C=N–C) groups is 1. The van der Waals surface area contributed by atoms with Crippen LogP contribution >= 0.6 is 0 Å². The van der Waals surface area contributed by atoms with Gasteiger partial charge >= 0.3 is 0 Å². The fraction of sp³-hybridized carbons (Fsp3) is 0.357. The fourth-order valence-corrected chi connectivity index (χ4v) is 1.24. The van der Waals surface area contributed by atoms with E-state index in [2.05, 4.69) is 23.0 Å². The summed E-state index contributed by atoms with van der Waals surface area (Å²) in [6.07, 6.45) is 11.9. The summed E-state index contributed by atoms with van der Waals surface area (Å²) in [5.74, 6) is 0. The van der Waals surface area contributed by atoms with Crippen molar-refractivity contribution in [3.63, 3.8) is 0 Å². The number of nitrogens with zero attached hydrogens (tertiary/aromatic N) is 1. The average molecular weight is 218 g/mol. The molecule has 1 heterocycles. The van der Waals surface area contributed by atoms with Crippen molar-refractivity contribution in [3.05, 3.63) is 41.2 Å². The van der Waals surface area contributed by atoms with Crippen LogP contribution in [0.15, 0.2) is 29.4 Å². The Labute approximate surface area is 98.8 Å². The van der Waals surface area contributed by atoms with Crippen molar-refractivity contribution in [1.82, 2.24) is 4.98 Å². The van der Waals surface area contributed by atoms with Crippen molar-refractivity contribution in [2.75, 3.05) is 7.05 Å². The molecule has 88 valence electrons. The van der Waals surface area contributed by atoms with Crippen molar-refractivity contribution in [3.8, 4) is 0 Å². The molecule has 2 nitrogen and oxygen atoms in total. The lowest BCUT2D eigenvalue weighted by molar-refractivity contribution is 1.34. The second-order valence-electron chi connectivity index (χ2n) is 3.05. The summed E-state index contributed by atoms with van der Waals surface area (Å²) in [7, 11) is 1.78. The van der Waals surface area contributed by atoms with Crippen molar-refractivity contribution >= 4 is 12.3 Å². The zero-order chi connectivity index (χ0) is 12.4. The summed E-state index contributed by atoms with van der Waals surface area (Å²) in [5.41, 5.74) is 3.52. The van der Waals surface area contributed by atoms with Gasteiger partial charge in [-0.1, -0.05) is 32.1 Å². The van der Waals surface area contributed by atoms with Crippen molar-refractivity contribution in [2.24, 2.45) is 4.99 Å². The molecule has 1 N–H and O–H groups in total. The monoisotopic (exact) mass is 218 g/mol. The maximum absolute atomic E-state index is 3.99. The minimum atomic E-state index is 1.14. The first-order valence-corrected chi connectivity index (χ1v) is 5.69. The molecular weight excluding hydrogens is 196 g/mol. The summed E-state index contributed by atoms with van der Waals surface area (Å²) in [5, 5.41) is 0. The number of H-pyrrole nitrogens is 1. The lowest BCUT2D eigenvalue weighted by Gasteiger charge is -1.91. The van der Waals surface area contributed by atoms with E-state index in [9.17, 15) is 0 Å². The molecule has 0 radical (unpaired) electrons. The van der Waals surface area contributed by atoms with E-state index in [-0.39, 0.29) is 0 Å². The van der Waals surface area contributed by atoms with Crippen LogP contribution in [0.2, 0.25) is 0 Å². The van der Waals surface area contributed by atoms with Crippen LogP contribution < -0.4 is 0 Å². The Morgan fingerprint density at radius 2 is 1.94 bits per heavy atom. The van der Waals surface area contributed by atoms with Gasteiger partial charge in [0.2, 0.25) is 0 Å². The predicted molar refractivity (Wildman–Crippen MR) is 74.2 cm³/mol. The molecule has 0 aliphatic carbocycles. The van der Waals surface area contributed by atoms with Gasteiger partial charge in [-0.05, 0) is 25.5 Å². The Hall–Kier alpha value is -1.57. The largest absolute Gasteiger partial charge is 0.361 e. The number of hydrogen-bond acceptors (Lipinski definition) is 1. The third kappa shape index (κ3) is 4.30. The molecule has 0 fully saturated rings. The summed E-state index contributed by atoms with van der Waals surface area (Å²) in [4.78, 5) is 7.20. The minimum Gasteiger partial charge on any atom is -0.361 e. The van der Waals surface area contributed by atoms with Crippen molar-refractivity contribution in [1.29, 1.82) is 0 Å². The molecule has 0 aliphatic rings. The summed E-state index contributed by atoms with van der Waals surface area (Å²) >= 11 is 0. The summed E-state index contributed by atoms with van der Waals surface area (Å²) < 4.78 is 0. The highest BCUT2D eigenvalue weighted by Gasteiger charge is 2.00. The van der Waals surface area contributed by atoms with Gasteiger partial charge in [-0.3, -0.25) is 4.99 Å². The molecule has 0 saturated heterocycles. The SMILES string of the molecule is C/C=C\C=C/c1[nH]cc(C=NC)c1C.CC. The molecule has 0 amide bonds. The Bertz CT molecular complexity index is 368. The molecule has 0 aliphatic heterocycles. The van der Waals surface area contributed by atoms with E-state index < -0.39 is 0 Å². The van der Waals surface area contributed by atoms with E-state index >= 15 is 0 Å². The number of rotatable bonds is 3. The molecule has 0 bridgehead atoms. The standard InChI is InChI=1S/C12H16N2.C2H6/c1-4-5-6-7-12-10(2)11(8-13-3)9-14-12;1-2/h4-9,14H,1-3H3;1-2H3/b5-4-,7-6-,13-8?;. The molecule has 0 atom stereocenters. The first kappa shape index (κ1) is 14.4. The smallest absolute Gasteiger partial charge is 0.0416 e. The normalized spacial score (nSPS) is 11.3. The number of nitrogens with one attached hydrogen (secondary N) is 1. The van der Waals surface area contributed by atoms with Crippen LogP contribution in [-0.2, 0) is 0 Å². The Morgan fingerprint density at radius 1 is 1.25 bits per heavy atom. The third-order valence-corrected chi connectivity index (χ3v) is 2.05. The number of hydrogen-bond donors (Lipinski definition) is 1. The molecule has 1 aromatic rings. The van der Waals surface area contributed by atoms with E-state index in [4.69, 9.17) is 0 Å². The first-order chi connectivity index (χ1) is 7.79. The van der Waals surface area contributed by atoms with E-state index in [1.807, 2.05) is 51.4 Å². The minimum absolute atomic E-state index is 1.14. The highest BCUT2D eigenvalue weighted by atomic mass is 14.7. The zero-order valence-corrected chi connectivity index (χ0v) is 10.9. The molecule has 0 unspecified atom stereocenters. The van der Waals surface area contributed by atoms with Crippen LogP contribution in [0.5, 0.6) is 0 Å². The topological polar surface area (TPSA) is 28.1 Å². The second kappa shape index (κ2) is 8.72. The van der Waals surface area contributed by atoms with E-state index in [1.54, 1.807) is 7.05 Å². The Morgan fingerprint density at radius 3 is 2.50 bits per heavy atom. The number of aromatic amines is 1. The van der Waals surface area contributed by atoms with Gasteiger partial charge in [0.25, 0.3) is 0 Å². The first-order valence-electron chi connectivity index (χ1n) is 5.69. The third-order valence-electron chi connectivity index (χ3n) is 2.05. The fourth-order valence-electron chi connectivity index (χ4n) is 1.24. The van der Waals surface area contributed by atoms with Crippen LogP contribution in [0.3, 0.4) is 0 Å². The number of allylic oxidation sites excluding steroid dienone is 3. The highest BCUT2D eigenvalue weighted by Crippen LogP contribution is 2.12. The molecule has 1 rings (SSSR count). The van der Waals surface area contributed by atoms with Gasteiger partial charge in [-0.15, -0.1) is 0 Å². The van der Waals surface area contributed by atoms with Gasteiger partial charge in [0.15, 0.2) is 0 Å². The maximum Gasteiger partial charge on any atom is 0.0416 e. The molecular formula is C14H22N2. The molecule has 0 spiro atoms. The van der Waals surface area contributed by atoms with Crippen molar-refractivity contribution in [2.45, 2.75) is 27.7 Å². The van der Waals surface area contributed by atoms with E-state index in [1.165, 1.54) is 5.56 Å². The van der Waals surface area contributed by atoms with Crippen LogP contribution in [-0.4, -0.2) is 18.2 Å². The van der Waals surface area contributed by atoms with Gasteiger partial charge in [-0.25, -0.2) is 0 Å². The van der Waals surface area contributed by atoms with Gasteiger partial charge in [0.1, 0.15) is 0 Å². The lowest BCUT2D eigenvalue weighted by atomic mass is 10.2. The van der Waals surface area contributed by atoms with Gasteiger partial charge in [0, 0.05) is 30.7 Å². The summed E-state index contributed by atoms with van der Waals surface area (Å²) in [6, 6.07) is 0. The van der Waals surface area contributed by atoms with Gasteiger partial charge in [0.05, 0.1) is 0 Å².